The fourth-order valence-corrected chi connectivity index (χ4v) is 5.44. The highest BCUT2D eigenvalue weighted by Crippen LogP contribution is 2.51. The molecule has 0 saturated heterocycles. The second-order valence-electron chi connectivity index (χ2n) is 8.89. The van der Waals surface area contributed by atoms with Crippen molar-refractivity contribution >= 4 is 11.6 Å². The number of Topliss-reactive ketones (excluding diaryl/α,β-unsaturated/α-hetero) is 1. The summed E-state index contributed by atoms with van der Waals surface area (Å²) in [5.41, 5.74) is 3.00. The Bertz CT molecular complexity index is 1430. The zero-order chi connectivity index (χ0) is 26.3. The summed E-state index contributed by atoms with van der Waals surface area (Å²) in [6, 6.07) is 9.21. The normalized spacial score (nSPS) is 18.5. The maximum Gasteiger partial charge on any atom is 0.270 e. The van der Waals surface area contributed by atoms with Crippen molar-refractivity contribution in [2.45, 2.75) is 24.7 Å². The molecule has 0 saturated carbocycles. The van der Waals surface area contributed by atoms with E-state index in [1.807, 2.05) is 24.3 Å². The van der Waals surface area contributed by atoms with Crippen LogP contribution in [0.3, 0.4) is 0 Å². The highest BCUT2D eigenvalue weighted by molar-refractivity contribution is 6.01. The number of H-pyrrole nitrogens is 2. The molecule has 37 heavy (non-hydrogen) atoms. The molecule has 2 heterocycles. The van der Waals surface area contributed by atoms with Crippen LogP contribution in [0.4, 0.5) is 5.82 Å². The molecule has 5 rings (SSSR count). The lowest BCUT2D eigenvalue weighted by atomic mass is 9.72. The number of methoxy groups -OCH3 is 5. The molecule has 1 aliphatic heterocycles. The maximum absolute atomic E-state index is 13.8. The Morgan fingerprint density at radius 3 is 2.08 bits per heavy atom. The monoisotopic (exact) mass is 507 g/mol. The number of benzene rings is 2. The number of ether oxygens (including phenoxy) is 5. The van der Waals surface area contributed by atoms with E-state index >= 15 is 0 Å². The van der Waals surface area contributed by atoms with Gasteiger partial charge in [-0.15, -0.1) is 0 Å². The number of anilines is 1. The molecule has 0 amide bonds. The third-order valence-corrected chi connectivity index (χ3v) is 7.08. The highest BCUT2D eigenvalue weighted by Gasteiger charge is 2.42. The van der Waals surface area contributed by atoms with E-state index in [0.29, 0.717) is 57.7 Å². The predicted molar refractivity (Wildman–Crippen MR) is 137 cm³/mol. The number of carbonyl (C=O) groups is 1. The number of hydrogen-bond acceptors (Lipinski definition) is 8. The number of para-hydroxylation sites is 1. The van der Waals surface area contributed by atoms with E-state index in [2.05, 4.69) is 15.5 Å². The lowest BCUT2D eigenvalue weighted by Gasteiger charge is -2.35. The quantitative estimate of drug-likeness (QED) is 0.442. The number of aromatic amines is 2. The molecule has 1 aromatic heterocycles. The molecule has 0 unspecified atom stereocenters. The van der Waals surface area contributed by atoms with Crippen LogP contribution >= 0.6 is 0 Å². The smallest absolute Gasteiger partial charge is 0.270 e. The molecular weight excluding hydrogens is 478 g/mol. The molecule has 3 N–H and O–H groups in total. The molecule has 2 aliphatic rings. The minimum absolute atomic E-state index is 0.0615. The zero-order valence-corrected chi connectivity index (χ0v) is 21.3. The number of aromatic nitrogens is 2. The van der Waals surface area contributed by atoms with Gasteiger partial charge in [0, 0.05) is 23.3 Å². The Hall–Kier alpha value is -4.34. The predicted octanol–water partition coefficient (Wildman–Crippen LogP) is 3.70. The first-order chi connectivity index (χ1) is 17.9. The first kappa shape index (κ1) is 24.4. The van der Waals surface area contributed by atoms with Crippen LogP contribution in [0.2, 0.25) is 0 Å². The van der Waals surface area contributed by atoms with Crippen LogP contribution in [0.15, 0.2) is 46.4 Å². The van der Waals surface area contributed by atoms with Gasteiger partial charge >= 0.3 is 0 Å². The van der Waals surface area contributed by atoms with Gasteiger partial charge in [-0.3, -0.25) is 19.8 Å². The largest absolute Gasteiger partial charge is 0.493 e. The summed E-state index contributed by atoms with van der Waals surface area (Å²) in [5, 5.41) is 8.89. The topological polar surface area (TPSA) is 124 Å². The van der Waals surface area contributed by atoms with Gasteiger partial charge < -0.3 is 29.0 Å². The van der Waals surface area contributed by atoms with Gasteiger partial charge in [0.15, 0.2) is 28.8 Å². The molecule has 10 heteroatoms. The first-order valence-corrected chi connectivity index (χ1v) is 11.8. The Balaban J connectivity index is 1.64. The van der Waals surface area contributed by atoms with Crippen LogP contribution in [-0.2, 0) is 4.79 Å². The van der Waals surface area contributed by atoms with E-state index in [1.165, 1.54) is 0 Å². The lowest BCUT2D eigenvalue weighted by molar-refractivity contribution is -0.116. The Morgan fingerprint density at radius 2 is 1.46 bits per heavy atom. The van der Waals surface area contributed by atoms with Gasteiger partial charge in [0.25, 0.3) is 5.56 Å². The van der Waals surface area contributed by atoms with Crippen LogP contribution in [0, 0.1) is 0 Å². The Morgan fingerprint density at radius 1 is 0.784 bits per heavy atom. The highest BCUT2D eigenvalue weighted by atomic mass is 16.5. The van der Waals surface area contributed by atoms with Gasteiger partial charge in [-0.1, -0.05) is 12.1 Å². The van der Waals surface area contributed by atoms with E-state index in [9.17, 15) is 9.59 Å². The molecule has 3 aromatic rings. The second-order valence-corrected chi connectivity index (χ2v) is 8.89. The minimum Gasteiger partial charge on any atom is -0.493 e. The molecule has 10 nitrogen and oxygen atoms in total. The van der Waals surface area contributed by atoms with Crippen molar-refractivity contribution in [3.8, 4) is 28.7 Å². The molecule has 0 bridgehead atoms. The van der Waals surface area contributed by atoms with E-state index < -0.39 is 5.92 Å². The van der Waals surface area contributed by atoms with Crippen molar-refractivity contribution in [2.24, 2.45) is 0 Å². The van der Waals surface area contributed by atoms with Crippen molar-refractivity contribution in [2.75, 3.05) is 40.9 Å². The fraction of sp³-hybridized carbons (Fsp3) is 0.333. The molecule has 194 valence electrons. The zero-order valence-electron chi connectivity index (χ0n) is 21.3. The minimum atomic E-state index is -0.625. The van der Waals surface area contributed by atoms with Crippen LogP contribution in [-0.4, -0.2) is 51.5 Å². The Kier molecular flexibility index (Phi) is 6.32. The molecule has 2 aromatic carbocycles. The maximum atomic E-state index is 13.8. The summed E-state index contributed by atoms with van der Waals surface area (Å²) in [6.45, 7) is 0. The number of rotatable bonds is 7. The van der Waals surface area contributed by atoms with Crippen molar-refractivity contribution in [3.63, 3.8) is 0 Å². The van der Waals surface area contributed by atoms with Gasteiger partial charge in [-0.2, -0.15) is 0 Å². The molecule has 1 aliphatic carbocycles. The Labute approximate surface area is 213 Å². The van der Waals surface area contributed by atoms with Crippen molar-refractivity contribution in [1.29, 1.82) is 0 Å². The van der Waals surface area contributed by atoms with E-state index in [4.69, 9.17) is 23.7 Å². The number of nitrogens with one attached hydrogen (secondary N) is 3. The standard InChI is InChI=1S/C27H29N3O7/c1-33-18-8-6-7-15(24(18)36-4)21-22-16(28-26-23(21)27(32)30-29-26)9-13(10-17(22)31)14-11-19(34-2)25(37-5)20(12-14)35-3/h6-8,11-13,21H,9-10H2,1-5H3,(H3,28,29,30,32)/t13-,21-/m0/s1. The molecule has 2 atom stereocenters. The van der Waals surface area contributed by atoms with Gasteiger partial charge in [0.1, 0.15) is 5.82 Å². The number of hydrogen-bond donors (Lipinski definition) is 3. The van der Waals surface area contributed by atoms with Crippen LogP contribution in [0.5, 0.6) is 28.7 Å². The summed E-state index contributed by atoms with van der Waals surface area (Å²) in [6.07, 6.45) is 0.786. The van der Waals surface area contributed by atoms with E-state index in [-0.39, 0.29) is 23.7 Å². The number of ketones is 1. The van der Waals surface area contributed by atoms with Gasteiger partial charge in [0.2, 0.25) is 5.75 Å². The average Bonchev–Trinajstić information content (AvgIpc) is 3.30. The van der Waals surface area contributed by atoms with Crippen molar-refractivity contribution in [1.82, 2.24) is 10.2 Å². The van der Waals surface area contributed by atoms with E-state index in [0.717, 1.165) is 11.3 Å². The van der Waals surface area contributed by atoms with Crippen LogP contribution in [0.25, 0.3) is 0 Å². The fourth-order valence-electron chi connectivity index (χ4n) is 5.44. The van der Waals surface area contributed by atoms with Crippen molar-refractivity contribution in [3.05, 3.63) is 68.6 Å². The number of carbonyl (C=O) groups excluding carboxylic acids is 1. The molecule has 0 radical (unpaired) electrons. The number of allylic oxidation sites excluding steroid dienone is 2. The van der Waals surface area contributed by atoms with Gasteiger partial charge in [0.05, 0.1) is 47.0 Å². The molecular formula is C27H29N3O7. The summed E-state index contributed by atoms with van der Waals surface area (Å²) in [4.78, 5) is 26.7. The van der Waals surface area contributed by atoms with Gasteiger partial charge in [-0.25, -0.2) is 0 Å². The van der Waals surface area contributed by atoms with Gasteiger partial charge in [-0.05, 0) is 36.1 Å². The van der Waals surface area contributed by atoms with Crippen molar-refractivity contribution < 1.29 is 28.5 Å². The SMILES string of the molecule is COc1cc([C@@H]2CC(=O)C3=C(C2)Nc2[nH][nH]c(=O)c2[C@H]3c2cccc(OC)c2OC)cc(OC)c1OC. The average molecular weight is 508 g/mol. The molecule has 0 spiro atoms. The summed E-state index contributed by atoms with van der Waals surface area (Å²) >= 11 is 0. The van der Waals surface area contributed by atoms with E-state index in [1.54, 1.807) is 41.6 Å². The van der Waals surface area contributed by atoms with Crippen LogP contribution in [0.1, 0.15) is 41.4 Å². The third-order valence-electron chi connectivity index (χ3n) is 7.08. The third kappa shape index (κ3) is 3.89. The lowest BCUT2D eigenvalue weighted by Crippen LogP contribution is -2.31. The summed E-state index contributed by atoms with van der Waals surface area (Å²) < 4.78 is 27.7. The number of fused-ring (bicyclic) bond motifs is 1. The molecule has 0 fully saturated rings. The summed E-state index contributed by atoms with van der Waals surface area (Å²) in [5.74, 6) is 2.24. The summed E-state index contributed by atoms with van der Waals surface area (Å²) in [7, 11) is 7.77. The second kappa shape index (κ2) is 9.61. The van der Waals surface area contributed by atoms with Crippen LogP contribution < -0.4 is 34.6 Å². The first-order valence-electron chi connectivity index (χ1n) is 11.8.